The first-order valence-corrected chi connectivity index (χ1v) is 5.27. The molecular formula is C11H8ClN3O2. The number of aromatic nitrogens is 2. The van der Waals surface area contributed by atoms with Gasteiger partial charge >= 0.3 is 5.97 Å². The molecule has 0 radical (unpaired) electrons. The van der Waals surface area contributed by atoms with E-state index < -0.39 is 5.97 Å². The molecule has 0 aromatic carbocycles. The smallest absolute Gasteiger partial charge is 0.356 e. The topological polar surface area (TPSA) is 48.0 Å². The Morgan fingerprint density at radius 2 is 2.41 bits per heavy atom. The first-order valence-electron chi connectivity index (χ1n) is 4.89. The Kier molecular flexibility index (Phi) is 2.98. The van der Waals surface area contributed by atoms with Crippen LogP contribution in [0.25, 0.3) is 10.4 Å². The standard InChI is InChI=1S/C11H8ClN3O2/c1-3-17-11(16)9-5-4-8-10(12)7(13-2)6-14-15(8)9/h4-6H,3H2,1H3. The average molecular weight is 250 g/mol. The molecule has 2 aromatic heterocycles. The lowest BCUT2D eigenvalue weighted by atomic mass is 10.4. The number of nitrogens with zero attached hydrogens (tertiary/aromatic N) is 3. The van der Waals surface area contributed by atoms with Crippen LogP contribution in [-0.2, 0) is 4.74 Å². The van der Waals surface area contributed by atoms with Gasteiger partial charge in [-0.1, -0.05) is 11.6 Å². The zero-order valence-electron chi connectivity index (χ0n) is 8.98. The molecule has 0 aliphatic rings. The molecule has 0 saturated carbocycles. The fourth-order valence-corrected chi connectivity index (χ4v) is 1.69. The fraction of sp³-hybridized carbons (Fsp3) is 0.182. The molecule has 0 fully saturated rings. The molecule has 0 unspecified atom stereocenters. The largest absolute Gasteiger partial charge is 0.461 e. The van der Waals surface area contributed by atoms with Crippen molar-refractivity contribution in [2.24, 2.45) is 0 Å². The Balaban J connectivity index is 2.60. The summed E-state index contributed by atoms with van der Waals surface area (Å²) >= 11 is 6.01. The zero-order chi connectivity index (χ0) is 12.4. The quantitative estimate of drug-likeness (QED) is 0.607. The van der Waals surface area contributed by atoms with Crippen molar-refractivity contribution in [1.29, 1.82) is 0 Å². The van der Waals surface area contributed by atoms with Crippen molar-refractivity contribution < 1.29 is 9.53 Å². The predicted molar refractivity (Wildman–Crippen MR) is 62.4 cm³/mol. The molecule has 0 aliphatic carbocycles. The van der Waals surface area contributed by atoms with Gasteiger partial charge in [-0.05, 0) is 19.1 Å². The van der Waals surface area contributed by atoms with Crippen molar-refractivity contribution in [3.63, 3.8) is 0 Å². The van der Waals surface area contributed by atoms with Gasteiger partial charge in [-0.15, -0.1) is 0 Å². The van der Waals surface area contributed by atoms with Crippen molar-refractivity contribution in [2.45, 2.75) is 6.92 Å². The summed E-state index contributed by atoms with van der Waals surface area (Å²) in [4.78, 5) is 14.8. The SMILES string of the molecule is [C-]#[N+]c1cnn2c(C(=O)OCC)ccc2c1Cl. The number of esters is 1. The van der Waals surface area contributed by atoms with Gasteiger partial charge in [-0.2, -0.15) is 5.10 Å². The number of fused-ring (bicyclic) bond motifs is 1. The molecule has 86 valence electrons. The normalized spacial score (nSPS) is 10.2. The minimum atomic E-state index is -0.466. The molecule has 5 nitrogen and oxygen atoms in total. The van der Waals surface area contributed by atoms with E-state index >= 15 is 0 Å². The number of carbonyl (C=O) groups is 1. The van der Waals surface area contributed by atoms with E-state index in [0.717, 1.165) is 0 Å². The number of hydrogen-bond acceptors (Lipinski definition) is 3. The maximum absolute atomic E-state index is 11.6. The number of rotatable bonds is 2. The van der Waals surface area contributed by atoms with Gasteiger partial charge in [0, 0.05) is 0 Å². The highest BCUT2D eigenvalue weighted by Gasteiger charge is 2.15. The van der Waals surface area contributed by atoms with Crippen LogP contribution in [0.2, 0.25) is 5.02 Å². The van der Waals surface area contributed by atoms with Gasteiger partial charge in [-0.25, -0.2) is 14.2 Å². The molecule has 0 saturated heterocycles. The van der Waals surface area contributed by atoms with Gasteiger partial charge in [0.1, 0.15) is 0 Å². The van der Waals surface area contributed by atoms with E-state index in [1.54, 1.807) is 19.1 Å². The second-order valence-electron chi connectivity index (χ2n) is 3.19. The lowest BCUT2D eigenvalue weighted by Gasteiger charge is -2.03. The first kappa shape index (κ1) is 11.4. The summed E-state index contributed by atoms with van der Waals surface area (Å²) in [5, 5.41) is 4.28. The Hall–Kier alpha value is -2.06. The summed E-state index contributed by atoms with van der Waals surface area (Å²) in [6, 6.07) is 3.20. The summed E-state index contributed by atoms with van der Waals surface area (Å²) < 4.78 is 6.26. The minimum Gasteiger partial charge on any atom is -0.461 e. The molecule has 0 bridgehead atoms. The fourth-order valence-electron chi connectivity index (χ4n) is 1.46. The second kappa shape index (κ2) is 4.44. The van der Waals surface area contributed by atoms with Gasteiger partial charge in [-0.3, -0.25) is 0 Å². The van der Waals surface area contributed by atoms with Crippen molar-refractivity contribution in [3.8, 4) is 0 Å². The van der Waals surface area contributed by atoms with Crippen molar-refractivity contribution in [1.82, 2.24) is 9.61 Å². The molecular weight excluding hydrogens is 242 g/mol. The maximum Gasteiger partial charge on any atom is 0.356 e. The Morgan fingerprint density at radius 1 is 1.65 bits per heavy atom. The first-order chi connectivity index (χ1) is 8.19. The molecule has 0 spiro atoms. The van der Waals surface area contributed by atoms with E-state index in [-0.39, 0.29) is 10.7 Å². The van der Waals surface area contributed by atoms with Crippen LogP contribution in [0.15, 0.2) is 18.3 Å². The molecule has 2 aromatic rings. The van der Waals surface area contributed by atoms with Crippen molar-refractivity contribution >= 4 is 28.8 Å². The summed E-state index contributed by atoms with van der Waals surface area (Å²) in [6.07, 6.45) is 1.32. The van der Waals surface area contributed by atoms with Crippen LogP contribution in [0.4, 0.5) is 5.69 Å². The third-order valence-corrected chi connectivity index (χ3v) is 2.59. The summed E-state index contributed by atoms with van der Waals surface area (Å²) in [6.45, 7) is 8.94. The van der Waals surface area contributed by atoms with Crippen LogP contribution < -0.4 is 0 Å². The molecule has 6 heteroatoms. The third kappa shape index (κ3) is 1.83. The van der Waals surface area contributed by atoms with Crippen LogP contribution in [0.1, 0.15) is 17.4 Å². The zero-order valence-corrected chi connectivity index (χ0v) is 9.73. The highest BCUT2D eigenvalue weighted by molar-refractivity contribution is 6.36. The molecule has 2 heterocycles. The third-order valence-electron chi connectivity index (χ3n) is 2.21. The van der Waals surface area contributed by atoms with Crippen molar-refractivity contribution in [2.75, 3.05) is 6.61 Å². The number of carbonyl (C=O) groups excluding carboxylic acids is 1. The molecule has 0 N–H and O–H groups in total. The second-order valence-corrected chi connectivity index (χ2v) is 3.57. The van der Waals surface area contributed by atoms with Gasteiger partial charge < -0.3 is 4.74 Å². The van der Waals surface area contributed by atoms with E-state index in [2.05, 4.69) is 9.94 Å². The van der Waals surface area contributed by atoms with Crippen molar-refractivity contribution in [3.05, 3.63) is 40.5 Å². The van der Waals surface area contributed by atoms with E-state index in [9.17, 15) is 4.79 Å². The molecule has 0 atom stereocenters. The Bertz CT molecular complexity index is 627. The van der Waals surface area contributed by atoms with Crippen LogP contribution in [0.3, 0.4) is 0 Å². The lowest BCUT2D eigenvalue weighted by Crippen LogP contribution is -2.09. The van der Waals surface area contributed by atoms with Gasteiger partial charge in [0.25, 0.3) is 0 Å². The molecule has 0 amide bonds. The van der Waals surface area contributed by atoms with Gasteiger partial charge in [0.2, 0.25) is 5.69 Å². The van der Waals surface area contributed by atoms with Gasteiger partial charge in [0.05, 0.1) is 29.9 Å². The number of hydrogen-bond donors (Lipinski definition) is 0. The summed E-state index contributed by atoms with van der Waals surface area (Å²) in [7, 11) is 0. The van der Waals surface area contributed by atoms with Crippen LogP contribution in [-0.4, -0.2) is 22.2 Å². The number of ether oxygens (including phenoxy) is 1. The van der Waals surface area contributed by atoms with Crippen LogP contribution in [0.5, 0.6) is 0 Å². The van der Waals surface area contributed by atoms with E-state index in [0.29, 0.717) is 17.8 Å². The summed E-state index contributed by atoms with van der Waals surface area (Å²) in [5.41, 5.74) is 1.07. The van der Waals surface area contributed by atoms with E-state index in [1.165, 1.54) is 10.7 Å². The Morgan fingerprint density at radius 3 is 3.06 bits per heavy atom. The monoisotopic (exact) mass is 249 g/mol. The average Bonchev–Trinajstić information content (AvgIpc) is 2.74. The molecule has 0 aliphatic heterocycles. The Labute approximate surface area is 102 Å². The predicted octanol–water partition coefficient (Wildman–Crippen LogP) is 2.72. The van der Waals surface area contributed by atoms with Crippen LogP contribution >= 0.6 is 11.6 Å². The lowest BCUT2D eigenvalue weighted by molar-refractivity contribution is 0.0517. The molecule has 17 heavy (non-hydrogen) atoms. The maximum atomic E-state index is 11.6. The number of halogens is 1. The minimum absolute atomic E-state index is 0.257. The van der Waals surface area contributed by atoms with E-state index in [4.69, 9.17) is 22.9 Å². The van der Waals surface area contributed by atoms with E-state index in [1.807, 2.05) is 0 Å². The summed E-state index contributed by atoms with van der Waals surface area (Å²) in [5.74, 6) is -0.466. The van der Waals surface area contributed by atoms with Crippen LogP contribution in [0, 0.1) is 6.57 Å². The van der Waals surface area contributed by atoms with Gasteiger partial charge in [0.15, 0.2) is 5.69 Å². The highest BCUT2D eigenvalue weighted by atomic mass is 35.5. The highest BCUT2D eigenvalue weighted by Crippen LogP contribution is 2.29. The molecule has 2 rings (SSSR count).